The number of halogens is 1. The second kappa shape index (κ2) is 11.6. The van der Waals surface area contributed by atoms with Crippen LogP contribution < -0.4 is 21.7 Å². The molecule has 1 aromatic rings. The molecule has 0 spiro atoms. The molecule has 1 unspecified atom stereocenters. The van der Waals surface area contributed by atoms with Gasteiger partial charge in [-0.05, 0) is 24.1 Å². The second-order valence-corrected chi connectivity index (χ2v) is 8.44. The van der Waals surface area contributed by atoms with Crippen LogP contribution in [0.3, 0.4) is 0 Å². The Hall–Kier alpha value is -3.18. The van der Waals surface area contributed by atoms with Gasteiger partial charge in [-0.1, -0.05) is 25.4 Å². The molecule has 0 bridgehead atoms. The van der Waals surface area contributed by atoms with Crippen molar-refractivity contribution in [3.8, 4) is 0 Å². The first-order chi connectivity index (χ1) is 15.5. The average Bonchev–Trinajstić information content (AvgIpc) is 2.77. The van der Waals surface area contributed by atoms with E-state index in [1.165, 1.54) is 23.1 Å². The summed E-state index contributed by atoms with van der Waals surface area (Å²) in [7, 11) is 0. The SMILES string of the molecule is CC(C)[C@H](NC(=O)c1ccc(N)c(Cl)c1)C(=O)N1CCNCC1C(=O)N[C@H](C=O)CC(=O)O. The minimum Gasteiger partial charge on any atom is -0.481 e. The third-order valence-corrected chi connectivity index (χ3v) is 5.52. The molecule has 180 valence electrons. The number of rotatable bonds is 9. The van der Waals surface area contributed by atoms with Crippen LogP contribution in [0.5, 0.6) is 0 Å². The number of hydrogen-bond acceptors (Lipinski definition) is 7. The number of anilines is 1. The number of benzene rings is 1. The number of piperazine rings is 1. The molecule has 33 heavy (non-hydrogen) atoms. The average molecular weight is 482 g/mol. The van der Waals surface area contributed by atoms with Crippen molar-refractivity contribution in [1.29, 1.82) is 0 Å². The van der Waals surface area contributed by atoms with Gasteiger partial charge in [0.25, 0.3) is 5.91 Å². The molecule has 0 saturated carbocycles. The molecule has 1 saturated heterocycles. The zero-order chi connectivity index (χ0) is 24.7. The molecular weight excluding hydrogens is 454 g/mol. The highest BCUT2D eigenvalue weighted by Crippen LogP contribution is 2.20. The monoisotopic (exact) mass is 481 g/mol. The van der Waals surface area contributed by atoms with Crippen LogP contribution in [0, 0.1) is 5.92 Å². The molecule has 1 aromatic carbocycles. The lowest BCUT2D eigenvalue weighted by Gasteiger charge is -2.38. The van der Waals surface area contributed by atoms with E-state index in [2.05, 4.69) is 16.0 Å². The maximum absolute atomic E-state index is 13.4. The fourth-order valence-electron chi connectivity index (χ4n) is 3.39. The van der Waals surface area contributed by atoms with E-state index in [-0.39, 0.29) is 29.6 Å². The van der Waals surface area contributed by atoms with Gasteiger partial charge in [-0.3, -0.25) is 19.2 Å². The summed E-state index contributed by atoms with van der Waals surface area (Å²) >= 11 is 5.99. The Labute approximate surface area is 196 Å². The van der Waals surface area contributed by atoms with Gasteiger partial charge >= 0.3 is 5.97 Å². The molecule has 0 aromatic heterocycles. The number of nitrogens with zero attached hydrogens (tertiary/aromatic N) is 1. The summed E-state index contributed by atoms with van der Waals surface area (Å²) in [5.41, 5.74) is 6.22. The number of carboxylic acids is 1. The van der Waals surface area contributed by atoms with E-state index in [0.717, 1.165) is 0 Å². The minimum atomic E-state index is -1.24. The van der Waals surface area contributed by atoms with E-state index in [0.29, 0.717) is 18.5 Å². The summed E-state index contributed by atoms with van der Waals surface area (Å²) in [6, 6.07) is 1.23. The Balaban J connectivity index is 2.18. The third-order valence-electron chi connectivity index (χ3n) is 5.20. The highest BCUT2D eigenvalue weighted by molar-refractivity contribution is 6.33. The van der Waals surface area contributed by atoms with Gasteiger partial charge in [0.1, 0.15) is 18.4 Å². The van der Waals surface area contributed by atoms with Gasteiger partial charge in [0.05, 0.1) is 23.2 Å². The molecule has 1 aliphatic rings. The number of amides is 3. The third kappa shape index (κ3) is 6.90. The molecule has 0 aliphatic carbocycles. The van der Waals surface area contributed by atoms with Gasteiger partial charge in [-0.15, -0.1) is 0 Å². The molecule has 2 rings (SSSR count). The molecular formula is C21H28ClN5O6. The Bertz CT molecular complexity index is 924. The lowest BCUT2D eigenvalue weighted by atomic mass is 10.00. The second-order valence-electron chi connectivity index (χ2n) is 8.03. The number of aliphatic carboxylic acids is 1. The van der Waals surface area contributed by atoms with Crippen molar-refractivity contribution in [3.63, 3.8) is 0 Å². The molecule has 1 heterocycles. The number of nitrogen functional groups attached to an aromatic ring is 1. The zero-order valence-electron chi connectivity index (χ0n) is 18.3. The van der Waals surface area contributed by atoms with Crippen LogP contribution in [0.25, 0.3) is 0 Å². The summed E-state index contributed by atoms with van der Waals surface area (Å²) in [6.07, 6.45) is -0.235. The van der Waals surface area contributed by atoms with Crippen LogP contribution in [0.15, 0.2) is 18.2 Å². The van der Waals surface area contributed by atoms with Gasteiger partial charge in [0.2, 0.25) is 11.8 Å². The fourth-order valence-corrected chi connectivity index (χ4v) is 3.57. The molecule has 0 radical (unpaired) electrons. The Morgan fingerprint density at radius 2 is 2.00 bits per heavy atom. The van der Waals surface area contributed by atoms with Gasteiger partial charge < -0.3 is 36.5 Å². The smallest absolute Gasteiger partial charge is 0.305 e. The first-order valence-corrected chi connectivity index (χ1v) is 10.8. The summed E-state index contributed by atoms with van der Waals surface area (Å²) in [5, 5.41) is 17.2. The van der Waals surface area contributed by atoms with Crippen molar-refractivity contribution < 1.29 is 29.1 Å². The van der Waals surface area contributed by atoms with Gasteiger partial charge in [-0.2, -0.15) is 0 Å². The minimum absolute atomic E-state index is 0.114. The number of hydrogen-bond donors (Lipinski definition) is 5. The van der Waals surface area contributed by atoms with E-state index >= 15 is 0 Å². The topological polar surface area (TPSA) is 171 Å². The lowest BCUT2D eigenvalue weighted by Crippen LogP contribution is -2.64. The Morgan fingerprint density at radius 3 is 2.58 bits per heavy atom. The number of aldehydes is 1. The Kier molecular flexibility index (Phi) is 9.18. The van der Waals surface area contributed by atoms with Crippen LogP contribution in [0.1, 0.15) is 30.6 Å². The summed E-state index contributed by atoms with van der Waals surface area (Å²) < 4.78 is 0. The predicted octanol–water partition coefficient (Wildman–Crippen LogP) is -0.365. The lowest BCUT2D eigenvalue weighted by molar-refractivity contribution is -0.145. The standard InChI is InChI=1S/C21H28ClN5O6/c1-11(2)18(26-19(31)12-3-4-15(23)14(22)7-12)21(33)27-6-5-24-9-16(27)20(32)25-13(10-28)8-17(29)30/h3-4,7,10-11,13,16,18,24H,5-6,8-9,23H2,1-2H3,(H,25,32)(H,26,31)(H,29,30)/t13-,16?,18-/m0/s1. The van der Waals surface area contributed by atoms with Crippen LogP contribution >= 0.6 is 11.6 Å². The highest BCUT2D eigenvalue weighted by atomic mass is 35.5. The normalized spacial score (nSPS) is 17.7. The van der Waals surface area contributed by atoms with Gasteiger partial charge in [-0.25, -0.2) is 0 Å². The molecule has 3 atom stereocenters. The predicted molar refractivity (Wildman–Crippen MR) is 121 cm³/mol. The van der Waals surface area contributed by atoms with E-state index in [9.17, 15) is 24.0 Å². The van der Waals surface area contributed by atoms with Crippen molar-refractivity contribution in [2.45, 2.75) is 38.4 Å². The van der Waals surface area contributed by atoms with E-state index < -0.39 is 48.2 Å². The molecule has 1 fully saturated rings. The maximum Gasteiger partial charge on any atom is 0.305 e. The van der Waals surface area contributed by atoms with Crippen molar-refractivity contribution in [3.05, 3.63) is 28.8 Å². The van der Waals surface area contributed by atoms with Crippen molar-refractivity contribution in [1.82, 2.24) is 20.9 Å². The van der Waals surface area contributed by atoms with Gasteiger partial charge in [0.15, 0.2) is 0 Å². The van der Waals surface area contributed by atoms with E-state index in [1.807, 2.05) is 0 Å². The van der Waals surface area contributed by atoms with Crippen molar-refractivity contribution >= 4 is 47.3 Å². The number of nitrogens with two attached hydrogens (primary N) is 1. The Morgan fingerprint density at radius 1 is 1.30 bits per heavy atom. The molecule has 3 amide bonds. The summed E-state index contributed by atoms with van der Waals surface area (Å²) in [6.45, 7) is 4.24. The number of nitrogens with one attached hydrogen (secondary N) is 3. The summed E-state index contributed by atoms with van der Waals surface area (Å²) in [5.74, 6) is -3.20. The molecule has 11 nitrogen and oxygen atoms in total. The summed E-state index contributed by atoms with van der Waals surface area (Å²) in [4.78, 5) is 62.2. The maximum atomic E-state index is 13.4. The van der Waals surface area contributed by atoms with Crippen LogP contribution in [-0.4, -0.2) is 77.7 Å². The number of carboxylic acid groups (broad SMARTS) is 1. The fraction of sp³-hybridized carbons (Fsp3) is 0.476. The first kappa shape index (κ1) is 26.1. The highest BCUT2D eigenvalue weighted by Gasteiger charge is 2.38. The largest absolute Gasteiger partial charge is 0.481 e. The zero-order valence-corrected chi connectivity index (χ0v) is 19.1. The van der Waals surface area contributed by atoms with Crippen LogP contribution in [0.2, 0.25) is 5.02 Å². The quantitative estimate of drug-likeness (QED) is 0.235. The van der Waals surface area contributed by atoms with Gasteiger partial charge in [0, 0.05) is 25.2 Å². The first-order valence-electron chi connectivity index (χ1n) is 10.4. The van der Waals surface area contributed by atoms with Crippen LogP contribution in [-0.2, 0) is 19.2 Å². The number of carbonyl (C=O) groups is 5. The molecule has 1 aliphatic heterocycles. The molecule has 12 heteroatoms. The molecule has 6 N–H and O–H groups in total. The number of carbonyl (C=O) groups excluding carboxylic acids is 4. The van der Waals surface area contributed by atoms with Crippen molar-refractivity contribution in [2.75, 3.05) is 25.4 Å². The van der Waals surface area contributed by atoms with E-state index in [4.69, 9.17) is 22.4 Å². The van der Waals surface area contributed by atoms with Crippen LogP contribution in [0.4, 0.5) is 5.69 Å². The van der Waals surface area contributed by atoms with Crippen molar-refractivity contribution in [2.24, 2.45) is 5.92 Å². The van der Waals surface area contributed by atoms with E-state index in [1.54, 1.807) is 13.8 Å².